The van der Waals surface area contributed by atoms with E-state index in [1.807, 2.05) is 17.5 Å². The third kappa shape index (κ3) is 2.00. The van der Waals surface area contributed by atoms with Gasteiger partial charge in [0.15, 0.2) is 0 Å². The van der Waals surface area contributed by atoms with E-state index in [0.717, 1.165) is 30.6 Å². The molecule has 1 aliphatic carbocycles. The molecule has 2 rings (SSSR count). The summed E-state index contributed by atoms with van der Waals surface area (Å²) in [6, 6.07) is 6.24. The first-order valence-corrected chi connectivity index (χ1v) is 6.68. The maximum absolute atomic E-state index is 10.4. The smallest absolute Gasteiger partial charge is 0.107 e. The Balaban J connectivity index is 2.19. The lowest BCUT2D eigenvalue weighted by Crippen LogP contribution is -2.31. The Labute approximate surface area is 101 Å². The lowest BCUT2D eigenvalue weighted by molar-refractivity contribution is 0.0292. The highest BCUT2D eigenvalue weighted by atomic mass is 32.1. The van der Waals surface area contributed by atoms with Gasteiger partial charge in [0.1, 0.15) is 6.10 Å². The molecule has 1 aromatic rings. The zero-order valence-electron chi connectivity index (χ0n) is 9.52. The summed E-state index contributed by atoms with van der Waals surface area (Å²) in [4.78, 5) is 0.927. The van der Waals surface area contributed by atoms with Crippen molar-refractivity contribution in [2.75, 3.05) is 0 Å². The van der Waals surface area contributed by atoms with Gasteiger partial charge in [-0.25, -0.2) is 0 Å². The SMILES string of the molecule is CC1CCC(C#N)(C(O)c2cccs2)CC1. The maximum atomic E-state index is 10.4. The van der Waals surface area contributed by atoms with E-state index in [-0.39, 0.29) is 0 Å². The van der Waals surface area contributed by atoms with Gasteiger partial charge in [0.25, 0.3) is 0 Å². The summed E-state index contributed by atoms with van der Waals surface area (Å²) in [5.41, 5.74) is -0.544. The second-order valence-corrected chi connectivity index (χ2v) is 5.85. The number of aliphatic hydroxyl groups is 1. The second-order valence-electron chi connectivity index (χ2n) is 4.87. The largest absolute Gasteiger partial charge is 0.386 e. The van der Waals surface area contributed by atoms with Crippen molar-refractivity contribution < 1.29 is 5.11 Å². The number of aliphatic hydroxyl groups excluding tert-OH is 1. The van der Waals surface area contributed by atoms with Gasteiger partial charge in [0, 0.05) is 4.88 Å². The molecule has 86 valence electrons. The zero-order chi connectivity index (χ0) is 11.6. The average Bonchev–Trinajstić information content (AvgIpc) is 2.83. The van der Waals surface area contributed by atoms with E-state index in [1.54, 1.807) is 0 Å². The molecule has 1 unspecified atom stereocenters. The first kappa shape index (κ1) is 11.6. The number of hydrogen-bond donors (Lipinski definition) is 1. The Hall–Kier alpha value is -0.850. The fourth-order valence-corrected chi connectivity index (χ4v) is 3.27. The molecule has 1 aromatic heterocycles. The van der Waals surface area contributed by atoms with Crippen molar-refractivity contribution in [1.82, 2.24) is 0 Å². The standard InChI is InChI=1S/C13H17NOS/c1-10-4-6-13(9-14,7-5-10)12(15)11-3-2-8-16-11/h2-3,8,10,12,15H,4-7H2,1H3. The fourth-order valence-electron chi connectivity index (χ4n) is 2.44. The first-order valence-electron chi connectivity index (χ1n) is 5.81. The minimum Gasteiger partial charge on any atom is -0.386 e. The molecule has 0 radical (unpaired) electrons. The average molecular weight is 235 g/mol. The molecule has 3 heteroatoms. The van der Waals surface area contributed by atoms with Crippen molar-refractivity contribution in [2.24, 2.45) is 11.3 Å². The van der Waals surface area contributed by atoms with Crippen LogP contribution in [0.2, 0.25) is 0 Å². The Bertz CT molecular complexity index is 371. The Morgan fingerprint density at radius 1 is 1.56 bits per heavy atom. The molecule has 0 saturated heterocycles. The second kappa shape index (κ2) is 4.57. The number of thiophene rings is 1. The maximum Gasteiger partial charge on any atom is 0.107 e. The van der Waals surface area contributed by atoms with E-state index in [4.69, 9.17) is 0 Å². The molecule has 1 atom stereocenters. The summed E-state index contributed by atoms with van der Waals surface area (Å²) in [7, 11) is 0. The molecule has 2 nitrogen and oxygen atoms in total. The lowest BCUT2D eigenvalue weighted by atomic mass is 9.68. The number of nitrogens with zero attached hydrogens (tertiary/aromatic N) is 1. The third-order valence-electron chi connectivity index (χ3n) is 3.73. The normalized spacial score (nSPS) is 31.9. The monoisotopic (exact) mass is 235 g/mol. The van der Waals surface area contributed by atoms with Gasteiger partial charge in [-0.15, -0.1) is 11.3 Å². The van der Waals surface area contributed by atoms with Crippen molar-refractivity contribution in [2.45, 2.75) is 38.7 Å². The van der Waals surface area contributed by atoms with Gasteiger partial charge in [-0.1, -0.05) is 13.0 Å². The molecular weight excluding hydrogens is 218 g/mol. The van der Waals surface area contributed by atoms with Crippen LogP contribution < -0.4 is 0 Å². The summed E-state index contributed by atoms with van der Waals surface area (Å²) in [5, 5.41) is 21.7. The molecule has 0 amide bonds. The lowest BCUT2D eigenvalue weighted by Gasteiger charge is -2.36. The van der Waals surface area contributed by atoms with E-state index in [2.05, 4.69) is 13.0 Å². The molecule has 0 aliphatic heterocycles. The Kier molecular flexibility index (Phi) is 3.32. The van der Waals surface area contributed by atoms with Crippen molar-refractivity contribution in [3.05, 3.63) is 22.4 Å². The van der Waals surface area contributed by atoms with Crippen LogP contribution in [0.5, 0.6) is 0 Å². The molecular formula is C13H17NOS. The molecule has 1 saturated carbocycles. The van der Waals surface area contributed by atoms with Crippen molar-refractivity contribution in [3.8, 4) is 6.07 Å². The van der Waals surface area contributed by atoms with E-state index >= 15 is 0 Å². The summed E-state index contributed by atoms with van der Waals surface area (Å²) in [5.74, 6) is 0.692. The predicted octanol–water partition coefficient (Wildman–Crippen LogP) is 3.50. The van der Waals surface area contributed by atoms with Crippen LogP contribution in [0, 0.1) is 22.7 Å². The van der Waals surface area contributed by atoms with Crippen molar-refractivity contribution >= 4 is 11.3 Å². The predicted molar refractivity (Wildman–Crippen MR) is 65.0 cm³/mol. The molecule has 16 heavy (non-hydrogen) atoms. The van der Waals surface area contributed by atoms with E-state index in [1.165, 1.54) is 11.3 Å². The highest BCUT2D eigenvalue weighted by molar-refractivity contribution is 7.10. The van der Waals surface area contributed by atoms with Crippen LogP contribution in [-0.2, 0) is 0 Å². The third-order valence-corrected chi connectivity index (χ3v) is 4.65. The van der Waals surface area contributed by atoms with Crippen LogP contribution in [-0.4, -0.2) is 5.11 Å². The van der Waals surface area contributed by atoms with Gasteiger partial charge in [-0.3, -0.25) is 0 Å². The van der Waals surface area contributed by atoms with Crippen LogP contribution >= 0.6 is 11.3 Å². The highest BCUT2D eigenvalue weighted by Crippen LogP contribution is 2.47. The quantitative estimate of drug-likeness (QED) is 0.852. The van der Waals surface area contributed by atoms with Gasteiger partial charge in [-0.2, -0.15) is 5.26 Å². The molecule has 1 heterocycles. The van der Waals surface area contributed by atoms with Gasteiger partial charge in [-0.05, 0) is 43.0 Å². The number of hydrogen-bond acceptors (Lipinski definition) is 3. The Morgan fingerprint density at radius 2 is 2.25 bits per heavy atom. The fraction of sp³-hybridized carbons (Fsp3) is 0.615. The summed E-state index contributed by atoms with van der Waals surface area (Å²) in [6.07, 6.45) is 3.14. The van der Waals surface area contributed by atoms with Gasteiger partial charge >= 0.3 is 0 Å². The highest BCUT2D eigenvalue weighted by Gasteiger charge is 2.42. The minimum atomic E-state index is -0.606. The van der Waals surface area contributed by atoms with Crippen molar-refractivity contribution in [1.29, 1.82) is 5.26 Å². The van der Waals surface area contributed by atoms with E-state index in [0.29, 0.717) is 5.92 Å². The molecule has 0 aromatic carbocycles. The molecule has 1 N–H and O–H groups in total. The number of nitriles is 1. The number of rotatable bonds is 2. The van der Waals surface area contributed by atoms with Crippen LogP contribution in [0.4, 0.5) is 0 Å². The molecule has 1 fully saturated rings. The van der Waals surface area contributed by atoms with Gasteiger partial charge in [0.05, 0.1) is 11.5 Å². The van der Waals surface area contributed by atoms with Crippen LogP contribution in [0.1, 0.15) is 43.6 Å². The van der Waals surface area contributed by atoms with Gasteiger partial charge < -0.3 is 5.11 Å². The summed E-state index contributed by atoms with van der Waals surface area (Å²) < 4.78 is 0. The summed E-state index contributed by atoms with van der Waals surface area (Å²) in [6.45, 7) is 2.22. The summed E-state index contributed by atoms with van der Waals surface area (Å²) >= 11 is 1.54. The minimum absolute atomic E-state index is 0.544. The van der Waals surface area contributed by atoms with E-state index < -0.39 is 11.5 Å². The van der Waals surface area contributed by atoms with Crippen LogP contribution in [0.25, 0.3) is 0 Å². The van der Waals surface area contributed by atoms with Gasteiger partial charge in [0.2, 0.25) is 0 Å². The first-order chi connectivity index (χ1) is 7.68. The Morgan fingerprint density at radius 3 is 2.75 bits per heavy atom. The van der Waals surface area contributed by atoms with Crippen LogP contribution in [0.3, 0.4) is 0 Å². The zero-order valence-corrected chi connectivity index (χ0v) is 10.3. The van der Waals surface area contributed by atoms with Crippen molar-refractivity contribution in [3.63, 3.8) is 0 Å². The van der Waals surface area contributed by atoms with Crippen LogP contribution in [0.15, 0.2) is 17.5 Å². The molecule has 0 spiro atoms. The topological polar surface area (TPSA) is 44.0 Å². The molecule has 0 bridgehead atoms. The molecule has 1 aliphatic rings. The van der Waals surface area contributed by atoms with E-state index in [9.17, 15) is 10.4 Å².